The highest BCUT2D eigenvalue weighted by atomic mass is 32.1. The first-order valence-electron chi connectivity index (χ1n) is 8.85. The molecule has 0 fully saturated rings. The Morgan fingerprint density at radius 1 is 1.18 bits per heavy atom. The summed E-state index contributed by atoms with van der Waals surface area (Å²) in [6, 6.07) is 12.8. The Hall–Kier alpha value is -3.26. The van der Waals surface area contributed by atoms with Crippen LogP contribution in [-0.4, -0.2) is 28.0 Å². The topological polar surface area (TPSA) is 97.0 Å². The molecule has 28 heavy (non-hydrogen) atoms. The molecule has 0 aliphatic heterocycles. The van der Waals surface area contributed by atoms with E-state index in [0.29, 0.717) is 41.1 Å². The minimum Gasteiger partial charge on any atom is -0.497 e. The number of amides is 1. The van der Waals surface area contributed by atoms with Gasteiger partial charge in [0.05, 0.1) is 28.2 Å². The molecule has 0 aliphatic rings. The molecule has 2 aromatic carbocycles. The third-order valence-corrected chi connectivity index (χ3v) is 5.25. The lowest BCUT2D eigenvalue weighted by Gasteiger charge is -2.03. The Balaban J connectivity index is 1.36. The summed E-state index contributed by atoms with van der Waals surface area (Å²) in [5.74, 6) is 1.23. The van der Waals surface area contributed by atoms with Crippen LogP contribution in [0.3, 0.4) is 0 Å². The van der Waals surface area contributed by atoms with Crippen LogP contribution in [0, 0.1) is 0 Å². The van der Waals surface area contributed by atoms with Crippen molar-refractivity contribution < 1.29 is 9.53 Å². The van der Waals surface area contributed by atoms with Gasteiger partial charge in [-0.25, -0.2) is 9.97 Å². The van der Waals surface area contributed by atoms with Crippen molar-refractivity contribution in [1.82, 2.24) is 15.0 Å². The van der Waals surface area contributed by atoms with E-state index in [-0.39, 0.29) is 11.5 Å². The Labute approximate surface area is 164 Å². The molecule has 0 aliphatic carbocycles. The van der Waals surface area contributed by atoms with E-state index in [2.05, 4.69) is 20.3 Å². The fourth-order valence-electron chi connectivity index (χ4n) is 2.94. The summed E-state index contributed by atoms with van der Waals surface area (Å²) in [7, 11) is 1.61. The van der Waals surface area contributed by atoms with Crippen molar-refractivity contribution in [2.75, 3.05) is 12.4 Å². The molecule has 2 aromatic heterocycles. The molecule has 2 heterocycles. The third kappa shape index (κ3) is 3.86. The monoisotopic (exact) mass is 394 g/mol. The van der Waals surface area contributed by atoms with Crippen LogP contribution in [0.25, 0.3) is 21.1 Å². The van der Waals surface area contributed by atoms with Gasteiger partial charge in [0.15, 0.2) is 5.13 Å². The number of H-pyrrole nitrogens is 1. The molecule has 7 nitrogen and oxygen atoms in total. The molecule has 0 saturated carbocycles. The molecule has 2 N–H and O–H groups in total. The molecule has 0 bridgehead atoms. The number of hydrogen-bond acceptors (Lipinski definition) is 6. The van der Waals surface area contributed by atoms with Crippen molar-refractivity contribution in [3.05, 3.63) is 58.6 Å². The molecular weight excluding hydrogens is 376 g/mol. The van der Waals surface area contributed by atoms with Crippen LogP contribution in [0.4, 0.5) is 5.13 Å². The third-order valence-electron chi connectivity index (χ3n) is 4.32. The zero-order valence-corrected chi connectivity index (χ0v) is 16.0. The normalized spacial score (nSPS) is 11.0. The number of thiazole rings is 1. The number of methoxy groups -OCH3 is 1. The van der Waals surface area contributed by atoms with E-state index >= 15 is 0 Å². The Kier molecular flexibility index (Phi) is 5.03. The Morgan fingerprint density at radius 3 is 2.89 bits per heavy atom. The van der Waals surface area contributed by atoms with Crippen LogP contribution in [0.1, 0.15) is 18.7 Å². The van der Waals surface area contributed by atoms with E-state index in [9.17, 15) is 9.59 Å². The minimum absolute atomic E-state index is 0.117. The van der Waals surface area contributed by atoms with E-state index in [1.54, 1.807) is 19.2 Å². The van der Waals surface area contributed by atoms with Crippen LogP contribution in [0.2, 0.25) is 0 Å². The fraction of sp³-hybridized carbons (Fsp3) is 0.200. The first-order valence-corrected chi connectivity index (χ1v) is 9.66. The fourth-order valence-corrected chi connectivity index (χ4v) is 3.85. The van der Waals surface area contributed by atoms with Crippen LogP contribution >= 0.6 is 11.3 Å². The molecule has 4 rings (SSSR count). The molecule has 1 amide bonds. The largest absolute Gasteiger partial charge is 0.497 e. The van der Waals surface area contributed by atoms with Crippen LogP contribution < -0.4 is 15.6 Å². The van der Waals surface area contributed by atoms with E-state index in [1.807, 2.05) is 30.3 Å². The number of anilines is 1. The van der Waals surface area contributed by atoms with Gasteiger partial charge in [0.25, 0.3) is 5.56 Å². The molecule has 0 spiro atoms. The number of fused-ring (bicyclic) bond motifs is 2. The smallest absolute Gasteiger partial charge is 0.258 e. The molecule has 4 aromatic rings. The first-order chi connectivity index (χ1) is 13.6. The summed E-state index contributed by atoms with van der Waals surface area (Å²) < 4.78 is 6.15. The number of rotatable bonds is 6. The van der Waals surface area contributed by atoms with Crippen LogP contribution in [0.5, 0.6) is 5.75 Å². The number of carbonyl (C=O) groups excluding carboxylic acids is 1. The maximum atomic E-state index is 12.2. The Morgan fingerprint density at radius 2 is 2.04 bits per heavy atom. The van der Waals surface area contributed by atoms with Gasteiger partial charge < -0.3 is 15.0 Å². The van der Waals surface area contributed by atoms with Gasteiger partial charge >= 0.3 is 0 Å². The minimum atomic E-state index is -0.157. The lowest BCUT2D eigenvalue weighted by atomic mass is 10.2. The quantitative estimate of drug-likeness (QED) is 0.522. The summed E-state index contributed by atoms with van der Waals surface area (Å²) >= 11 is 1.41. The summed E-state index contributed by atoms with van der Waals surface area (Å²) in [4.78, 5) is 35.9. The van der Waals surface area contributed by atoms with Gasteiger partial charge in [-0.3, -0.25) is 9.59 Å². The van der Waals surface area contributed by atoms with E-state index in [4.69, 9.17) is 4.74 Å². The van der Waals surface area contributed by atoms with Crippen molar-refractivity contribution in [2.45, 2.75) is 19.3 Å². The lowest BCUT2D eigenvalue weighted by molar-refractivity contribution is -0.116. The predicted molar refractivity (Wildman–Crippen MR) is 110 cm³/mol. The van der Waals surface area contributed by atoms with Gasteiger partial charge in [0, 0.05) is 12.8 Å². The summed E-state index contributed by atoms with van der Waals surface area (Å²) in [5.41, 5.74) is 1.32. The highest BCUT2D eigenvalue weighted by Crippen LogP contribution is 2.29. The number of hydrogen-bond donors (Lipinski definition) is 2. The van der Waals surface area contributed by atoms with E-state index < -0.39 is 0 Å². The molecule has 0 unspecified atom stereocenters. The highest BCUT2D eigenvalue weighted by Gasteiger charge is 2.10. The van der Waals surface area contributed by atoms with Crippen molar-refractivity contribution >= 4 is 43.5 Å². The Bertz CT molecular complexity index is 1220. The van der Waals surface area contributed by atoms with Gasteiger partial charge in [0.1, 0.15) is 11.6 Å². The number of para-hydroxylation sites is 1. The summed E-state index contributed by atoms with van der Waals surface area (Å²) in [6.45, 7) is 0. The van der Waals surface area contributed by atoms with Crippen LogP contribution in [-0.2, 0) is 11.2 Å². The molecule has 8 heteroatoms. The standard InChI is InChI=1S/C20H18N4O3S/c1-27-12-9-10-15-16(11-12)28-20(22-15)24-18(25)8-4-7-17-21-14-6-3-2-5-13(14)19(26)23-17/h2-3,5-6,9-11H,4,7-8H2,1H3,(H,21,23,26)(H,22,24,25). The van der Waals surface area contributed by atoms with Gasteiger partial charge in [-0.1, -0.05) is 23.5 Å². The number of benzene rings is 2. The van der Waals surface area contributed by atoms with Gasteiger partial charge in [-0.05, 0) is 36.8 Å². The number of aromatic amines is 1. The van der Waals surface area contributed by atoms with Crippen molar-refractivity contribution in [2.24, 2.45) is 0 Å². The highest BCUT2D eigenvalue weighted by molar-refractivity contribution is 7.22. The maximum Gasteiger partial charge on any atom is 0.258 e. The first kappa shape index (κ1) is 18.1. The number of aromatic nitrogens is 3. The number of carbonyl (C=O) groups is 1. The summed E-state index contributed by atoms with van der Waals surface area (Å²) in [5, 5.41) is 3.96. The van der Waals surface area contributed by atoms with Gasteiger partial charge in [-0.2, -0.15) is 0 Å². The average Bonchev–Trinajstić information content (AvgIpc) is 3.09. The number of nitrogens with one attached hydrogen (secondary N) is 2. The molecule has 0 saturated heterocycles. The zero-order chi connectivity index (χ0) is 19.5. The van der Waals surface area contributed by atoms with Crippen molar-refractivity contribution in [3.8, 4) is 5.75 Å². The SMILES string of the molecule is COc1ccc2nc(NC(=O)CCCc3nc4ccccc4c(=O)[nH]3)sc2c1. The summed E-state index contributed by atoms with van der Waals surface area (Å²) in [6.07, 6.45) is 1.41. The van der Waals surface area contributed by atoms with Crippen molar-refractivity contribution in [1.29, 1.82) is 0 Å². The second kappa shape index (κ2) is 7.77. The second-order valence-corrected chi connectivity index (χ2v) is 7.31. The zero-order valence-electron chi connectivity index (χ0n) is 15.2. The van der Waals surface area contributed by atoms with E-state index in [0.717, 1.165) is 16.0 Å². The molecule has 0 atom stereocenters. The molecular formula is C20H18N4O3S. The molecule has 142 valence electrons. The number of ether oxygens (including phenoxy) is 1. The van der Waals surface area contributed by atoms with Crippen molar-refractivity contribution in [3.63, 3.8) is 0 Å². The second-order valence-electron chi connectivity index (χ2n) is 6.28. The van der Waals surface area contributed by atoms with E-state index in [1.165, 1.54) is 11.3 Å². The maximum absolute atomic E-state index is 12.2. The number of aryl methyl sites for hydroxylation is 1. The van der Waals surface area contributed by atoms with Gasteiger partial charge in [-0.15, -0.1) is 0 Å². The molecule has 0 radical (unpaired) electrons. The lowest BCUT2D eigenvalue weighted by Crippen LogP contribution is -2.14. The van der Waals surface area contributed by atoms with Crippen LogP contribution in [0.15, 0.2) is 47.3 Å². The predicted octanol–water partition coefficient (Wildman–Crippen LogP) is 3.50. The average molecular weight is 394 g/mol. The number of nitrogens with zero attached hydrogens (tertiary/aromatic N) is 2. The van der Waals surface area contributed by atoms with Gasteiger partial charge in [0.2, 0.25) is 5.91 Å².